The normalized spacial score (nSPS) is 10.3. The molecule has 1 heterocycles. The van der Waals surface area contributed by atoms with Crippen LogP contribution in [-0.4, -0.2) is 16.9 Å². The minimum absolute atomic E-state index is 0.0129. The van der Waals surface area contributed by atoms with E-state index in [4.69, 9.17) is 16.6 Å². The number of thiocarbonyl (C=S) groups is 1. The molecule has 2 rings (SSSR count). The van der Waals surface area contributed by atoms with E-state index in [0.717, 1.165) is 5.56 Å². The van der Waals surface area contributed by atoms with Gasteiger partial charge in [0.25, 0.3) is 5.91 Å². The van der Waals surface area contributed by atoms with E-state index < -0.39 is 5.91 Å². The summed E-state index contributed by atoms with van der Waals surface area (Å²) in [5, 5.41) is 2.39. The molecule has 0 fully saturated rings. The molecule has 0 aliphatic rings. The molecule has 0 saturated carbocycles. The van der Waals surface area contributed by atoms with Crippen LogP contribution in [0.2, 0.25) is 0 Å². The Bertz CT molecular complexity index is 739. The molecule has 6 nitrogen and oxygen atoms in total. The third-order valence-corrected chi connectivity index (χ3v) is 3.06. The van der Waals surface area contributed by atoms with Gasteiger partial charge in [-0.1, -0.05) is 18.2 Å². The number of rotatable bonds is 3. The van der Waals surface area contributed by atoms with Gasteiger partial charge in [0.1, 0.15) is 5.76 Å². The summed E-state index contributed by atoms with van der Waals surface area (Å²) in [6, 6.07) is 10.6. The van der Waals surface area contributed by atoms with Gasteiger partial charge in [0.05, 0.1) is 6.26 Å². The standard InChI is InChI=1S/C16H15N3O3S/c1-11-5-2-3-7-13(11)15(21)18-19-16(23)17-14(20)9-8-12-6-4-10-22-12/h2-10H,1H3,(H,18,21)(H2,17,19,20,23)/b9-8+. The van der Waals surface area contributed by atoms with Crippen molar-refractivity contribution >= 4 is 35.2 Å². The Hall–Kier alpha value is -2.93. The molecule has 23 heavy (non-hydrogen) atoms. The van der Waals surface area contributed by atoms with Crippen LogP contribution in [0.15, 0.2) is 53.2 Å². The van der Waals surface area contributed by atoms with Crippen LogP contribution in [0.1, 0.15) is 21.7 Å². The first-order valence-corrected chi connectivity index (χ1v) is 7.15. The lowest BCUT2D eigenvalue weighted by Crippen LogP contribution is -2.48. The molecular weight excluding hydrogens is 314 g/mol. The second-order valence-corrected chi connectivity index (χ2v) is 4.97. The van der Waals surface area contributed by atoms with Gasteiger partial charge in [-0.2, -0.15) is 0 Å². The summed E-state index contributed by atoms with van der Waals surface area (Å²) in [5.41, 5.74) is 6.26. The number of benzene rings is 1. The van der Waals surface area contributed by atoms with Gasteiger partial charge < -0.3 is 4.42 Å². The van der Waals surface area contributed by atoms with E-state index in [-0.39, 0.29) is 11.0 Å². The second-order valence-electron chi connectivity index (χ2n) is 4.56. The maximum Gasteiger partial charge on any atom is 0.269 e. The molecule has 0 aliphatic carbocycles. The van der Waals surface area contributed by atoms with E-state index in [1.165, 1.54) is 18.4 Å². The Labute approximate surface area is 138 Å². The van der Waals surface area contributed by atoms with Crippen LogP contribution in [-0.2, 0) is 4.79 Å². The van der Waals surface area contributed by atoms with E-state index >= 15 is 0 Å². The highest BCUT2D eigenvalue weighted by molar-refractivity contribution is 7.80. The molecule has 0 spiro atoms. The van der Waals surface area contributed by atoms with Crippen LogP contribution in [0.25, 0.3) is 6.08 Å². The fraction of sp³-hybridized carbons (Fsp3) is 0.0625. The molecule has 1 aromatic heterocycles. The van der Waals surface area contributed by atoms with Crippen molar-refractivity contribution in [3.63, 3.8) is 0 Å². The molecule has 0 radical (unpaired) electrons. The molecule has 2 amide bonds. The molecule has 3 N–H and O–H groups in total. The molecule has 0 unspecified atom stereocenters. The van der Waals surface area contributed by atoms with Gasteiger partial charge >= 0.3 is 0 Å². The van der Waals surface area contributed by atoms with Crippen LogP contribution in [0, 0.1) is 6.92 Å². The number of hydrogen-bond acceptors (Lipinski definition) is 4. The minimum Gasteiger partial charge on any atom is -0.465 e. The number of nitrogens with one attached hydrogen (secondary N) is 3. The number of hydrazine groups is 1. The first-order chi connectivity index (χ1) is 11.1. The molecular formula is C16H15N3O3S. The van der Waals surface area contributed by atoms with Crippen molar-refractivity contribution < 1.29 is 14.0 Å². The van der Waals surface area contributed by atoms with Crippen molar-refractivity contribution in [2.75, 3.05) is 0 Å². The predicted octanol–water partition coefficient (Wildman–Crippen LogP) is 1.94. The second kappa shape index (κ2) is 7.90. The summed E-state index contributed by atoms with van der Waals surface area (Å²) in [5.74, 6) is -0.234. The fourth-order valence-corrected chi connectivity index (χ4v) is 1.89. The number of amides is 2. The molecule has 2 aromatic rings. The summed E-state index contributed by atoms with van der Waals surface area (Å²) in [4.78, 5) is 23.6. The van der Waals surface area contributed by atoms with Gasteiger partial charge in [-0.05, 0) is 49.0 Å². The summed E-state index contributed by atoms with van der Waals surface area (Å²) in [6.07, 6.45) is 4.28. The zero-order valence-corrected chi connectivity index (χ0v) is 13.1. The molecule has 0 saturated heterocycles. The highest BCUT2D eigenvalue weighted by Gasteiger charge is 2.08. The zero-order valence-electron chi connectivity index (χ0n) is 12.3. The van der Waals surface area contributed by atoms with Gasteiger partial charge in [-0.25, -0.2) is 0 Å². The average molecular weight is 329 g/mol. The van der Waals surface area contributed by atoms with E-state index in [2.05, 4.69) is 16.2 Å². The Morgan fingerprint density at radius 2 is 1.91 bits per heavy atom. The Balaban J connectivity index is 1.80. The number of carbonyl (C=O) groups is 2. The van der Waals surface area contributed by atoms with Crippen molar-refractivity contribution in [3.8, 4) is 0 Å². The SMILES string of the molecule is Cc1ccccc1C(=O)NNC(=S)NC(=O)/C=C/c1ccco1. The van der Waals surface area contributed by atoms with Crippen LogP contribution in [0.5, 0.6) is 0 Å². The molecule has 118 valence electrons. The summed E-state index contributed by atoms with van der Waals surface area (Å²) in [7, 11) is 0. The monoisotopic (exact) mass is 329 g/mol. The maximum atomic E-state index is 12.0. The van der Waals surface area contributed by atoms with Crippen LogP contribution >= 0.6 is 12.2 Å². The van der Waals surface area contributed by atoms with Gasteiger partial charge in [-0.3, -0.25) is 25.8 Å². The van der Waals surface area contributed by atoms with Crippen molar-refractivity contribution in [2.24, 2.45) is 0 Å². The van der Waals surface area contributed by atoms with Crippen molar-refractivity contribution in [2.45, 2.75) is 6.92 Å². The molecule has 7 heteroatoms. The topological polar surface area (TPSA) is 83.4 Å². The lowest BCUT2D eigenvalue weighted by atomic mass is 10.1. The highest BCUT2D eigenvalue weighted by atomic mass is 32.1. The molecule has 1 aromatic carbocycles. The lowest BCUT2D eigenvalue weighted by Gasteiger charge is -2.10. The van der Waals surface area contributed by atoms with E-state index in [1.807, 2.05) is 19.1 Å². The Morgan fingerprint density at radius 1 is 1.13 bits per heavy atom. The fourth-order valence-electron chi connectivity index (χ4n) is 1.74. The van der Waals surface area contributed by atoms with Crippen molar-refractivity contribution in [1.82, 2.24) is 16.2 Å². The molecule has 0 aliphatic heterocycles. The Kier molecular flexibility index (Phi) is 5.65. The summed E-state index contributed by atoms with van der Waals surface area (Å²) >= 11 is 4.93. The molecule has 0 bridgehead atoms. The number of furan rings is 1. The third kappa shape index (κ3) is 5.08. The van der Waals surface area contributed by atoms with Crippen molar-refractivity contribution in [3.05, 3.63) is 65.6 Å². The summed E-state index contributed by atoms with van der Waals surface area (Å²) in [6.45, 7) is 1.83. The van der Waals surface area contributed by atoms with Gasteiger partial charge in [0, 0.05) is 11.6 Å². The number of carbonyl (C=O) groups excluding carboxylic acids is 2. The van der Waals surface area contributed by atoms with E-state index in [0.29, 0.717) is 11.3 Å². The van der Waals surface area contributed by atoms with E-state index in [9.17, 15) is 9.59 Å². The maximum absolute atomic E-state index is 12.0. The molecule has 0 atom stereocenters. The van der Waals surface area contributed by atoms with Gasteiger partial charge in [-0.15, -0.1) is 0 Å². The van der Waals surface area contributed by atoms with Gasteiger partial charge in [0.15, 0.2) is 5.11 Å². The smallest absolute Gasteiger partial charge is 0.269 e. The average Bonchev–Trinajstić information content (AvgIpc) is 3.04. The third-order valence-electron chi connectivity index (χ3n) is 2.86. The number of hydrogen-bond donors (Lipinski definition) is 3. The van der Waals surface area contributed by atoms with Crippen LogP contribution < -0.4 is 16.2 Å². The first kappa shape index (κ1) is 16.4. The van der Waals surface area contributed by atoms with Crippen LogP contribution in [0.4, 0.5) is 0 Å². The first-order valence-electron chi connectivity index (χ1n) is 6.75. The quantitative estimate of drug-likeness (QED) is 0.455. The predicted molar refractivity (Wildman–Crippen MR) is 90.3 cm³/mol. The summed E-state index contributed by atoms with van der Waals surface area (Å²) < 4.78 is 5.06. The Morgan fingerprint density at radius 3 is 2.61 bits per heavy atom. The largest absolute Gasteiger partial charge is 0.465 e. The van der Waals surface area contributed by atoms with E-state index in [1.54, 1.807) is 24.3 Å². The minimum atomic E-state index is -0.441. The lowest BCUT2D eigenvalue weighted by molar-refractivity contribution is -0.115. The zero-order chi connectivity index (χ0) is 16.7. The van der Waals surface area contributed by atoms with Gasteiger partial charge in [0.2, 0.25) is 5.91 Å². The van der Waals surface area contributed by atoms with Crippen molar-refractivity contribution in [1.29, 1.82) is 0 Å². The highest BCUT2D eigenvalue weighted by Crippen LogP contribution is 2.05. The van der Waals surface area contributed by atoms with Crippen LogP contribution in [0.3, 0.4) is 0 Å². The number of aryl methyl sites for hydroxylation is 1.